The van der Waals surface area contributed by atoms with Crippen molar-refractivity contribution < 1.29 is 4.74 Å². The molecule has 0 radical (unpaired) electrons. The second-order valence-corrected chi connectivity index (χ2v) is 8.09. The zero-order valence-corrected chi connectivity index (χ0v) is 15.0. The highest BCUT2D eigenvalue weighted by Gasteiger charge is 2.35. The molecule has 0 saturated heterocycles. The zero-order valence-electron chi connectivity index (χ0n) is 12.7. The molecule has 2 fully saturated rings. The fourth-order valence-corrected chi connectivity index (χ4v) is 5.37. The van der Waals surface area contributed by atoms with Crippen molar-refractivity contribution in [3.05, 3.63) is 28.8 Å². The summed E-state index contributed by atoms with van der Waals surface area (Å²) in [7, 11) is 1.74. The SMILES string of the molecule is COc1ccc(Cl)cc1C(Br)C1CCC2CCCCC2C1. The van der Waals surface area contributed by atoms with Crippen LogP contribution in [-0.4, -0.2) is 7.11 Å². The van der Waals surface area contributed by atoms with Crippen molar-refractivity contribution >= 4 is 27.5 Å². The number of methoxy groups -OCH3 is 1. The molecule has 3 heteroatoms. The fraction of sp³-hybridized carbons (Fsp3) is 0.667. The lowest BCUT2D eigenvalue weighted by Gasteiger charge is -2.41. The van der Waals surface area contributed by atoms with E-state index in [9.17, 15) is 0 Å². The van der Waals surface area contributed by atoms with E-state index >= 15 is 0 Å². The third-order valence-electron chi connectivity index (χ3n) is 5.48. The first kappa shape index (κ1) is 15.7. The molecule has 0 amide bonds. The number of halogens is 2. The molecule has 2 aliphatic carbocycles. The molecule has 4 unspecified atom stereocenters. The van der Waals surface area contributed by atoms with Crippen LogP contribution in [0.2, 0.25) is 5.02 Å². The van der Waals surface area contributed by atoms with E-state index in [0.717, 1.165) is 22.6 Å². The molecular formula is C18H24BrClO. The molecule has 1 aromatic rings. The van der Waals surface area contributed by atoms with Crippen LogP contribution in [0.3, 0.4) is 0 Å². The Morgan fingerprint density at radius 1 is 1.14 bits per heavy atom. The Balaban J connectivity index is 1.76. The summed E-state index contributed by atoms with van der Waals surface area (Å²) in [6, 6.07) is 5.95. The van der Waals surface area contributed by atoms with E-state index in [1.54, 1.807) is 7.11 Å². The normalized spacial score (nSPS) is 30.5. The summed E-state index contributed by atoms with van der Waals surface area (Å²) in [6.45, 7) is 0. The van der Waals surface area contributed by atoms with E-state index < -0.39 is 0 Å². The zero-order chi connectivity index (χ0) is 14.8. The molecular weight excluding hydrogens is 348 g/mol. The highest BCUT2D eigenvalue weighted by atomic mass is 79.9. The summed E-state index contributed by atoms with van der Waals surface area (Å²) < 4.78 is 5.53. The smallest absolute Gasteiger partial charge is 0.123 e. The summed E-state index contributed by atoms with van der Waals surface area (Å²) in [4.78, 5) is 0.356. The highest BCUT2D eigenvalue weighted by Crippen LogP contribution is 2.50. The molecule has 0 aromatic heterocycles. The van der Waals surface area contributed by atoms with E-state index in [4.69, 9.17) is 16.3 Å². The Morgan fingerprint density at radius 3 is 2.67 bits per heavy atom. The van der Waals surface area contributed by atoms with Gasteiger partial charge in [-0.05, 0) is 55.2 Å². The van der Waals surface area contributed by atoms with E-state index in [1.165, 1.54) is 50.5 Å². The van der Waals surface area contributed by atoms with Gasteiger partial charge in [-0.15, -0.1) is 0 Å². The second kappa shape index (κ2) is 6.91. The lowest BCUT2D eigenvalue weighted by Crippen LogP contribution is -2.29. The van der Waals surface area contributed by atoms with Crippen molar-refractivity contribution in [1.29, 1.82) is 0 Å². The van der Waals surface area contributed by atoms with Crippen molar-refractivity contribution in [2.24, 2.45) is 17.8 Å². The summed E-state index contributed by atoms with van der Waals surface area (Å²) in [6.07, 6.45) is 9.87. The molecule has 21 heavy (non-hydrogen) atoms. The maximum atomic E-state index is 6.19. The Morgan fingerprint density at radius 2 is 1.90 bits per heavy atom. The van der Waals surface area contributed by atoms with Crippen LogP contribution in [0.1, 0.15) is 55.3 Å². The predicted octanol–water partition coefficient (Wildman–Crippen LogP) is 6.39. The quantitative estimate of drug-likeness (QED) is 0.559. The maximum Gasteiger partial charge on any atom is 0.123 e. The van der Waals surface area contributed by atoms with Crippen molar-refractivity contribution in [3.63, 3.8) is 0 Å². The minimum atomic E-state index is 0.356. The third kappa shape index (κ3) is 3.42. The molecule has 0 spiro atoms. The second-order valence-electron chi connectivity index (χ2n) is 6.67. The van der Waals surface area contributed by atoms with Gasteiger partial charge in [-0.25, -0.2) is 0 Å². The molecule has 0 bridgehead atoms. The Bertz CT molecular complexity index is 490. The Kier molecular flexibility index (Phi) is 5.16. The van der Waals surface area contributed by atoms with Crippen LogP contribution < -0.4 is 4.74 Å². The van der Waals surface area contributed by atoms with Gasteiger partial charge in [0.1, 0.15) is 5.75 Å². The monoisotopic (exact) mass is 370 g/mol. The number of benzene rings is 1. The molecule has 0 aliphatic heterocycles. The number of rotatable bonds is 3. The van der Waals surface area contributed by atoms with Gasteiger partial charge in [0, 0.05) is 15.4 Å². The lowest BCUT2D eigenvalue weighted by molar-refractivity contribution is 0.129. The van der Waals surface area contributed by atoms with Crippen molar-refractivity contribution in [2.45, 2.75) is 49.8 Å². The fourth-order valence-electron chi connectivity index (χ4n) is 4.35. The van der Waals surface area contributed by atoms with Crippen molar-refractivity contribution in [3.8, 4) is 5.75 Å². The third-order valence-corrected chi connectivity index (χ3v) is 6.96. The van der Waals surface area contributed by atoms with E-state index in [1.807, 2.05) is 12.1 Å². The Hall–Kier alpha value is -0.210. The molecule has 0 heterocycles. The number of fused-ring (bicyclic) bond motifs is 1. The van der Waals surface area contributed by atoms with Gasteiger partial charge in [0.25, 0.3) is 0 Å². The molecule has 1 nitrogen and oxygen atoms in total. The average Bonchev–Trinajstić information content (AvgIpc) is 2.53. The molecule has 1 aromatic carbocycles. The minimum absolute atomic E-state index is 0.356. The maximum absolute atomic E-state index is 6.19. The standard InChI is InChI=1S/C18H24BrClO/c1-21-17-9-8-15(20)11-16(17)18(19)14-7-6-12-4-2-3-5-13(12)10-14/h8-9,11-14,18H,2-7,10H2,1H3. The van der Waals surface area contributed by atoms with Gasteiger partial charge in [-0.2, -0.15) is 0 Å². The highest BCUT2D eigenvalue weighted by molar-refractivity contribution is 9.09. The van der Waals surface area contributed by atoms with Crippen LogP contribution >= 0.6 is 27.5 Å². The Labute approximate surface area is 141 Å². The van der Waals surface area contributed by atoms with Gasteiger partial charge >= 0.3 is 0 Å². The van der Waals surface area contributed by atoms with E-state index in [-0.39, 0.29) is 0 Å². The lowest BCUT2D eigenvalue weighted by atomic mass is 9.66. The van der Waals surface area contributed by atoms with E-state index in [2.05, 4.69) is 22.0 Å². The van der Waals surface area contributed by atoms with E-state index in [0.29, 0.717) is 10.7 Å². The summed E-state index contributed by atoms with van der Waals surface area (Å²) in [5.74, 6) is 3.60. The van der Waals surface area contributed by atoms with Crippen LogP contribution in [0, 0.1) is 17.8 Å². The molecule has 2 aliphatic rings. The van der Waals surface area contributed by atoms with Gasteiger partial charge in [0.05, 0.1) is 7.11 Å². The van der Waals surface area contributed by atoms with Crippen LogP contribution in [0.5, 0.6) is 5.75 Å². The number of hydrogen-bond acceptors (Lipinski definition) is 1. The minimum Gasteiger partial charge on any atom is -0.496 e. The molecule has 2 saturated carbocycles. The first-order valence-corrected chi connectivity index (χ1v) is 9.46. The van der Waals surface area contributed by atoms with Gasteiger partial charge in [0.2, 0.25) is 0 Å². The van der Waals surface area contributed by atoms with Crippen LogP contribution in [-0.2, 0) is 0 Å². The van der Waals surface area contributed by atoms with Gasteiger partial charge in [-0.3, -0.25) is 0 Å². The van der Waals surface area contributed by atoms with Crippen molar-refractivity contribution in [1.82, 2.24) is 0 Å². The predicted molar refractivity (Wildman–Crippen MR) is 92.5 cm³/mol. The first-order valence-electron chi connectivity index (χ1n) is 8.16. The molecule has 3 rings (SSSR count). The number of ether oxygens (including phenoxy) is 1. The number of alkyl halides is 1. The van der Waals surface area contributed by atoms with Gasteiger partial charge in [0.15, 0.2) is 0 Å². The molecule has 116 valence electrons. The van der Waals surface area contributed by atoms with Crippen LogP contribution in [0.25, 0.3) is 0 Å². The van der Waals surface area contributed by atoms with Gasteiger partial charge < -0.3 is 4.74 Å². The van der Waals surface area contributed by atoms with Crippen molar-refractivity contribution in [2.75, 3.05) is 7.11 Å². The average molecular weight is 372 g/mol. The summed E-state index contributed by atoms with van der Waals surface area (Å²) >= 11 is 10.1. The van der Waals surface area contributed by atoms with Crippen LogP contribution in [0.15, 0.2) is 18.2 Å². The summed E-state index contributed by atoms with van der Waals surface area (Å²) in [5.41, 5.74) is 1.21. The largest absolute Gasteiger partial charge is 0.496 e. The van der Waals surface area contributed by atoms with Crippen LogP contribution in [0.4, 0.5) is 0 Å². The molecule has 4 atom stereocenters. The molecule has 0 N–H and O–H groups in total. The topological polar surface area (TPSA) is 9.23 Å². The summed E-state index contributed by atoms with van der Waals surface area (Å²) in [5, 5.41) is 0.793. The van der Waals surface area contributed by atoms with Gasteiger partial charge in [-0.1, -0.05) is 53.2 Å². The first-order chi connectivity index (χ1) is 10.2. The number of hydrogen-bond donors (Lipinski definition) is 0.